The van der Waals surface area contributed by atoms with E-state index in [2.05, 4.69) is 16.0 Å². The van der Waals surface area contributed by atoms with Gasteiger partial charge in [-0.05, 0) is 35.7 Å². The number of para-hydroxylation sites is 3. The standard InChI is InChI=1S/C24H23N3O4/c28-17-26-20-11-5-4-10-19(20)14-15-23(29)31-22-13-7-6-12-21(22)27-24(30)25-16-18-8-2-1-3-9-18/h1-13,17H,14-16H2,(H,26,28)(H2,25,27,30). The van der Waals surface area contributed by atoms with E-state index in [1.807, 2.05) is 42.5 Å². The van der Waals surface area contributed by atoms with E-state index in [0.29, 0.717) is 30.8 Å². The summed E-state index contributed by atoms with van der Waals surface area (Å²) in [5.74, 6) is -0.179. The maximum Gasteiger partial charge on any atom is 0.319 e. The average molecular weight is 417 g/mol. The van der Waals surface area contributed by atoms with Gasteiger partial charge in [0.15, 0.2) is 5.75 Å². The number of nitrogens with one attached hydrogen (secondary N) is 3. The highest BCUT2D eigenvalue weighted by atomic mass is 16.5. The van der Waals surface area contributed by atoms with Crippen LogP contribution in [0.3, 0.4) is 0 Å². The normalized spacial score (nSPS) is 10.1. The molecule has 3 aromatic carbocycles. The Kier molecular flexibility index (Phi) is 7.77. The van der Waals surface area contributed by atoms with Gasteiger partial charge in [-0.2, -0.15) is 0 Å². The number of aryl methyl sites for hydroxylation is 1. The summed E-state index contributed by atoms with van der Waals surface area (Å²) in [5.41, 5.74) is 2.85. The van der Waals surface area contributed by atoms with E-state index in [-0.39, 0.29) is 12.2 Å². The SMILES string of the molecule is O=CNc1ccccc1CCC(=O)Oc1ccccc1NC(=O)NCc1ccccc1. The highest BCUT2D eigenvalue weighted by Gasteiger charge is 2.12. The van der Waals surface area contributed by atoms with Crippen molar-refractivity contribution in [1.29, 1.82) is 0 Å². The Labute approximate surface area is 180 Å². The number of anilines is 2. The van der Waals surface area contributed by atoms with Crippen LogP contribution in [0.15, 0.2) is 78.9 Å². The van der Waals surface area contributed by atoms with Crippen molar-refractivity contribution < 1.29 is 19.1 Å². The zero-order valence-electron chi connectivity index (χ0n) is 16.8. The maximum absolute atomic E-state index is 12.4. The number of esters is 1. The van der Waals surface area contributed by atoms with Crippen LogP contribution >= 0.6 is 0 Å². The Balaban J connectivity index is 1.55. The van der Waals surface area contributed by atoms with Crippen LogP contribution in [-0.4, -0.2) is 18.4 Å². The first-order valence-electron chi connectivity index (χ1n) is 9.82. The molecule has 3 rings (SSSR count). The van der Waals surface area contributed by atoms with E-state index in [0.717, 1.165) is 11.1 Å². The number of hydrogen-bond acceptors (Lipinski definition) is 4. The molecule has 0 saturated heterocycles. The van der Waals surface area contributed by atoms with Crippen molar-refractivity contribution in [3.8, 4) is 5.75 Å². The lowest BCUT2D eigenvalue weighted by molar-refractivity contribution is -0.134. The van der Waals surface area contributed by atoms with Gasteiger partial charge in [0, 0.05) is 12.2 Å². The Morgan fingerprint density at radius 1 is 0.839 bits per heavy atom. The molecule has 0 atom stereocenters. The van der Waals surface area contributed by atoms with Crippen molar-refractivity contribution in [3.05, 3.63) is 90.0 Å². The van der Waals surface area contributed by atoms with Gasteiger partial charge in [-0.25, -0.2) is 4.79 Å². The van der Waals surface area contributed by atoms with E-state index in [1.54, 1.807) is 36.4 Å². The van der Waals surface area contributed by atoms with Gasteiger partial charge in [0.05, 0.1) is 12.1 Å². The lowest BCUT2D eigenvalue weighted by Gasteiger charge is -2.12. The molecular formula is C24H23N3O4. The van der Waals surface area contributed by atoms with Gasteiger partial charge in [0.1, 0.15) is 0 Å². The zero-order chi connectivity index (χ0) is 21.9. The molecule has 0 heterocycles. The molecule has 158 valence electrons. The second-order valence-corrected chi connectivity index (χ2v) is 6.68. The van der Waals surface area contributed by atoms with E-state index in [4.69, 9.17) is 4.74 Å². The number of amides is 3. The highest BCUT2D eigenvalue weighted by Crippen LogP contribution is 2.24. The van der Waals surface area contributed by atoms with Gasteiger partial charge in [0.25, 0.3) is 0 Å². The van der Waals surface area contributed by atoms with Gasteiger partial charge >= 0.3 is 12.0 Å². The first kappa shape index (κ1) is 21.6. The fourth-order valence-electron chi connectivity index (χ4n) is 2.96. The van der Waals surface area contributed by atoms with E-state index < -0.39 is 12.0 Å². The Morgan fingerprint density at radius 3 is 2.29 bits per heavy atom. The van der Waals surface area contributed by atoms with Gasteiger partial charge in [-0.15, -0.1) is 0 Å². The fraction of sp³-hybridized carbons (Fsp3) is 0.125. The fourth-order valence-corrected chi connectivity index (χ4v) is 2.96. The third kappa shape index (κ3) is 6.71. The number of benzene rings is 3. The van der Waals surface area contributed by atoms with Gasteiger partial charge in [-0.1, -0.05) is 60.7 Å². The molecule has 0 aliphatic carbocycles. The first-order chi connectivity index (χ1) is 15.2. The van der Waals surface area contributed by atoms with Crippen molar-refractivity contribution in [2.75, 3.05) is 10.6 Å². The molecular weight excluding hydrogens is 394 g/mol. The minimum atomic E-state index is -0.445. The van der Waals surface area contributed by atoms with Crippen LogP contribution in [0, 0.1) is 0 Å². The summed E-state index contributed by atoms with van der Waals surface area (Å²) in [6, 6.07) is 23.1. The molecule has 0 aliphatic heterocycles. The van der Waals surface area contributed by atoms with Crippen LogP contribution in [0.25, 0.3) is 0 Å². The maximum atomic E-state index is 12.4. The second-order valence-electron chi connectivity index (χ2n) is 6.68. The summed E-state index contributed by atoms with van der Waals surface area (Å²) in [5, 5.41) is 8.09. The number of hydrogen-bond donors (Lipinski definition) is 3. The van der Waals surface area contributed by atoms with Gasteiger partial charge in [-0.3, -0.25) is 9.59 Å². The third-order valence-corrected chi connectivity index (χ3v) is 4.49. The van der Waals surface area contributed by atoms with E-state index >= 15 is 0 Å². The van der Waals surface area contributed by atoms with Crippen molar-refractivity contribution in [2.45, 2.75) is 19.4 Å². The number of ether oxygens (including phenoxy) is 1. The minimum absolute atomic E-state index is 0.117. The van der Waals surface area contributed by atoms with Gasteiger partial charge < -0.3 is 20.7 Å². The predicted molar refractivity (Wildman–Crippen MR) is 119 cm³/mol. The number of rotatable bonds is 9. The number of carbonyl (C=O) groups excluding carboxylic acids is 3. The van der Waals surface area contributed by atoms with E-state index in [1.165, 1.54) is 0 Å². The first-order valence-corrected chi connectivity index (χ1v) is 9.82. The van der Waals surface area contributed by atoms with Gasteiger partial charge in [0.2, 0.25) is 6.41 Å². The van der Waals surface area contributed by atoms with Crippen molar-refractivity contribution in [2.24, 2.45) is 0 Å². The number of carbonyl (C=O) groups is 3. The lowest BCUT2D eigenvalue weighted by Crippen LogP contribution is -2.28. The van der Waals surface area contributed by atoms with E-state index in [9.17, 15) is 14.4 Å². The molecule has 0 aliphatic rings. The molecule has 0 aromatic heterocycles. The van der Waals surface area contributed by atoms with Crippen LogP contribution < -0.4 is 20.7 Å². The zero-order valence-corrected chi connectivity index (χ0v) is 16.8. The Hall–Kier alpha value is -4.13. The molecule has 0 radical (unpaired) electrons. The molecule has 0 bridgehead atoms. The summed E-state index contributed by atoms with van der Waals surface area (Å²) >= 11 is 0. The molecule has 3 amide bonds. The smallest absolute Gasteiger partial charge is 0.319 e. The Bertz CT molecular complexity index is 1040. The largest absolute Gasteiger partial charge is 0.424 e. The summed E-state index contributed by atoms with van der Waals surface area (Å²) in [6.45, 7) is 0.378. The van der Waals surface area contributed by atoms with Crippen molar-refractivity contribution in [1.82, 2.24) is 5.32 Å². The summed E-state index contributed by atoms with van der Waals surface area (Å²) < 4.78 is 5.46. The highest BCUT2D eigenvalue weighted by molar-refractivity contribution is 5.91. The van der Waals surface area contributed by atoms with Crippen LogP contribution in [0.2, 0.25) is 0 Å². The molecule has 0 unspecified atom stereocenters. The molecule has 3 aromatic rings. The molecule has 7 nitrogen and oxygen atoms in total. The minimum Gasteiger partial charge on any atom is -0.424 e. The lowest BCUT2D eigenvalue weighted by atomic mass is 10.1. The summed E-state index contributed by atoms with van der Waals surface area (Å²) in [7, 11) is 0. The van der Waals surface area contributed by atoms with Crippen LogP contribution in [0.4, 0.5) is 16.2 Å². The van der Waals surface area contributed by atoms with Crippen LogP contribution in [0.5, 0.6) is 5.75 Å². The second kappa shape index (κ2) is 11.2. The quantitative estimate of drug-likeness (QED) is 0.277. The average Bonchev–Trinajstić information content (AvgIpc) is 2.79. The van der Waals surface area contributed by atoms with Crippen molar-refractivity contribution in [3.63, 3.8) is 0 Å². The number of urea groups is 1. The van der Waals surface area contributed by atoms with Crippen LogP contribution in [0.1, 0.15) is 17.5 Å². The molecule has 0 fully saturated rings. The molecule has 31 heavy (non-hydrogen) atoms. The summed E-state index contributed by atoms with van der Waals surface area (Å²) in [4.78, 5) is 35.3. The monoisotopic (exact) mass is 417 g/mol. The van der Waals surface area contributed by atoms with Crippen molar-refractivity contribution >= 4 is 29.8 Å². The predicted octanol–water partition coefficient (Wildman–Crippen LogP) is 4.11. The summed E-state index contributed by atoms with van der Waals surface area (Å²) in [6.07, 6.45) is 1.12. The Morgan fingerprint density at radius 2 is 1.52 bits per heavy atom. The third-order valence-electron chi connectivity index (χ3n) is 4.49. The molecule has 0 saturated carbocycles. The molecule has 7 heteroatoms. The molecule has 0 spiro atoms. The topological polar surface area (TPSA) is 96.5 Å². The van der Waals surface area contributed by atoms with Crippen LogP contribution in [-0.2, 0) is 22.6 Å². The molecule has 3 N–H and O–H groups in total.